The molecule has 0 saturated heterocycles. The second-order valence-electron chi connectivity index (χ2n) is 4.88. The van der Waals surface area contributed by atoms with Crippen molar-refractivity contribution in [2.45, 2.75) is 19.1 Å². The minimum Gasteiger partial charge on any atom is -0.388 e. The Labute approximate surface area is 118 Å². The van der Waals surface area contributed by atoms with Crippen LogP contribution in [0.15, 0.2) is 48.7 Å². The summed E-state index contributed by atoms with van der Waals surface area (Å²) >= 11 is 0. The highest BCUT2D eigenvalue weighted by molar-refractivity contribution is 5.19. The average Bonchev–Trinajstić information content (AvgIpc) is 2.46. The summed E-state index contributed by atoms with van der Waals surface area (Å²) in [4.78, 5) is 6.32. The third-order valence-electron chi connectivity index (χ3n) is 3.21. The van der Waals surface area contributed by atoms with Crippen molar-refractivity contribution in [1.82, 2.24) is 9.88 Å². The lowest BCUT2D eigenvalue weighted by molar-refractivity contribution is 0.143. The number of hydrogen-bond acceptors (Lipinski definition) is 3. The number of nitrogens with zero attached hydrogens (tertiary/aromatic N) is 2. The first-order valence-electron chi connectivity index (χ1n) is 6.68. The summed E-state index contributed by atoms with van der Waals surface area (Å²) in [5.41, 5.74) is 1.34. The smallest absolute Gasteiger partial charge is 0.128 e. The molecule has 106 valence electrons. The highest BCUT2D eigenvalue weighted by atomic mass is 19.1. The topological polar surface area (TPSA) is 36.4 Å². The largest absolute Gasteiger partial charge is 0.388 e. The zero-order valence-corrected chi connectivity index (χ0v) is 11.5. The average molecular weight is 274 g/mol. The van der Waals surface area contributed by atoms with Crippen molar-refractivity contribution < 1.29 is 9.50 Å². The highest BCUT2D eigenvalue weighted by Crippen LogP contribution is 2.19. The predicted octanol–water partition coefficient (Wildman–Crippen LogP) is 2.78. The van der Waals surface area contributed by atoms with E-state index in [-0.39, 0.29) is 5.82 Å². The van der Waals surface area contributed by atoms with E-state index in [0.717, 1.165) is 5.69 Å². The van der Waals surface area contributed by atoms with E-state index in [4.69, 9.17) is 0 Å². The molecule has 2 aromatic rings. The second kappa shape index (κ2) is 7.12. The fraction of sp³-hybridized carbons (Fsp3) is 0.312. The first-order valence-corrected chi connectivity index (χ1v) is 6.68. The van der Waals surface area contributed by atoms with E-state index in [1.54, 1.807) is 24.4 Å². The lowest BCUT2D eigenvalue weighted by atomic mass is 10.1. The monoisotopic (exact) mass is 274 g/mol. The Hall–Kier alpha value is -1.78. The molecule has 0 bridgehead atoms. The van der Waals surface area contributed by atoms with Crippen LogP contribution in [0.25, 0.3) is 0 Å². The second-order valence-corrected chi connectivity index (χ2v) is 4.88. The molecule has 0 aliphatic rings. The van der Waals surface area contributed by atoms with Gasteiger partial charge in [0.15, 0.2) is 0 Å². The van der Waals surface area contributed by atoms with Crippen LogP contribution in [0.2, 0.25) is 0 Å². The summed E-state index contributed by atoms with van der Waals surface area (Å²) < 4.78 is 13.5. The Morgan fingerprint density at radius 1 is 1.20 bits per heavy atom. The fourth-order valence-electron chi connectivity index (χ4n) is 2.09. The molecule has 0 saturated carbocycles. The van der Waals surface area contributed by atoms with Gasteiger partial charge in [-0.3, -0.25) is 4.98 Å². The van der Waals surface area contributed by atoms with Gasteiger partial charge in [-0.25, -0.2) is 4.39 Å². The molecular formula is C16H19FN2O. The molecule has 1 aromatic heterocycles. The van der Waals surface area contributed by atoms with E-state index in [1.807, 2.05) is 25.2 Å². The molecule has 1 N–H and O–H groups in total. The summed E-state index contributed by atoms with van der Waals surface area (Å²) in [6.45, 7) is 1.39. The van der Waals surface area contributed by atoms with Crippen molar-refractivity contribution in [1.29, 1.82) is 0 Å². The van der Waals surface area contributed by atoms with Gasteiger partial charge in [0.1, 0.15) is 5.82 Å². The molecule has 0 fully saturated rings. The van der Waals surface area contributed by atoms with Gasteiger partial charge in [0, 0.05) is 24.8 Å². The summed E-state index contributed by atoms with van der Waals surface area (Å²) in [6, 6.07) is 12.1. The quantitative estimate of drug-likeness (QED) is 0.880. The highest BCUT2D eigenvalue weighted by Gasteiger charge is 2.13. The maximum atomic E-state index is 13.5. The van der Waals surface area contributed by atoms with Gasteiger partial charge in [-0.15, -0.1) is 0 Å². The molecule has 3 nitrogen and oxygen atoms in total. The summed E-state index contributed by atoms with van der Waals surface area (Å²) in [6.07, 6.45) is 1.48. The van der Waals surface area contributed by atoms with Crippen molar-refractivity contribution in [2.75, 3.05) is 13.6 Å². The van der Waals surface area contributed by atoms with E-state index >= 15 is 0 Å². The molecule has 0 aliphatic carbocycles. The van der Waals surface area contributed by atoms with Gasteiger partial charge in [0.25, 0.3) is 0 Å². The minimum absolute atomic E-state index is 0.354. The van der Waals surface area contributed by atoms with Gasteiger partial charge in [0.05, 0.1) is 11.8 Å². The van der Waals surface area contributed by atoms with E-state index in [9.17, 15) is 9.50 Å². The lowest BCUT2D eigenvalue weighted by Gasteiger charge is -2.19. The van der Waals surface area contributed by atoms with Gasteiger partial charge in [-0.1, -0.05) is 24.3 Å². The Balaban J connectivity index is 1.84. The first kappa shape index (κ1) is 14.6. The third kappa shape index (κ3) is 4.11. The van der Waals surface area contributed by atoms with E-state index in [0.29, 0.717) is 25.1 Å². The Morgan fingerprint density at radius 2 is 1.95 bits per heavy atom. The predicted molar refractivity (Wildman–Crippen MR) is 76.5 cm³/mol. The molecule has 1 unspecified atom stereocenters. The number of aliphatic hydroxyl groups is 1. The molecule has 0 aliphatic heterocycles. The van der Waals surface area contributed by atoms with Crippen LogP contribution in [0.1, 0.15) is 23.8 Å². The van der Waals surface area contributed by atoms with Gasteiger partial charge in [0.2, 0.25) is 0 Å². The maximum Gasteiger partial charge on any atom is 0.128 e. The standard InChI is InChI=1S/C16H19FN2O/c1-19(12-13-6-4-5-10-18-13)11-9-16(20)14-7-2-3-8-15(14)17/h2-8,10,16,20H,9,11-12H2,1H3. The molecule has 1 atom stereocenters. The summed E-state index contributed by atoms with van der Waals surface area (Å²) in [5, 5.41) is 10.0. The van der Waals surface area contributed by atoms with Gasteiger partial charge < -0.3 is 10.0 Å². The van der Waals surface area contributed by atoms with Crippen LogP contribution in [0.5, 0.6) is 0 Å². The van der Waals surface area contributed by atoms with Crippen molar-refractivity contribution >= 4 is 0 Å². The van der Waals surface area contributed by atoms with Crippen LogP contribution < -0.4 is 0 Å². The van der Waals surface area contributed by atoms with Crippen LogP contribution in [0.3, 0.4) is 0 Å². The zero-order chi connectivity index (χ0) is 14.4. The van der Waals surface area contributed by atoms with Crippen molar-refractivity contribution in [2.24, 2.45) is 0 Å². The number of pyridine rings is 1. The van der Waals surface area contributed by atoms with Crippen LogP contribution in [-0.2, 0) is 6.54 Å². The number of aliphatic hydroxyl groups excluding tert-OH is 1. The molecule has 0 amide bonds. The maximum absolute atomic E-state index is 13.5. The SMILES string of the molecule is CN(CCC(O)c1ccccc1F)Cc1ccccn1. The molecule has 20 heavy (non-hydrogen) atoms. The number of rotatable bonds is 6. The third-order valence-corrected chi connectivity index (χ3v) is 3.21. The Morgan fingerprint density at radius 3 is 2.65 bits per heavy atom. The van der Waals surface area contributed by atoms with Crippen molar-refractivity contribution in [3.63, 3.8) is 0 Å². The molecule has 1 aromatic carbocycles. The van der Waals surface area contributed by atoms with E-state index in [2.05, 4.69) is 9.88 Å². The van der Waals surface area contributed by atoms with Crippen molar-refractivity contribution in [3.05, 3.63) is 65.7 Å². The van der Waals surface area contributed by atoms with Crippen LogP contribution in [0, 0.1) is 5.82 Å². The zero-order valence-electron chi connectivity index (χ0n) is 11.5. The van der Waals surface area contributed by atoms with Crippen LogP contribution in [-0.4, -0.2) is 28.6 Å². The molecule has 4 heteroatoms. The number of hydrogen-bond donors (Lipinski definition) is 1. The van der Waals surface area contributed by atoms with Gasteiger partial charge in [-0.2, -0.15) is 0 Å². The van der Waals surface area contributed by atoms with Crippen LogP contribution >= 0.6 is 0 Å². The number of halogens is 1. The minimum atomic E-state index is -0.776. The van der Waals surface area contributed by atoms with Crippen molar-refractivity contribution in [3.8, 4) is 0 Å². The van der Waals surface area contributed by atoms with E-state index in [1.165, 1.54) is 6.07 Å². The molecular weight excluding hydrogens is 255 g/mol. The molecule has 0 spiro atoms. The molecule has 1 heterocycles. The normalized spacial score (nSPS) is 12.6. The first-order chi connectivity index (χ1) is 9.66. The number of benzene rings is 1. The number of aromatic nitrogens is 1. The Bertz CT molecular complexity index is 533. The van der Waals surface area contributed by atoms with Gasteiger partial charge >= 0.3 is 0 Å². The molecule has 2 rings (SSSR count). The fourth-order valence-corrected chi connectivity index (χ4v) is 2.09. The van der Waals surface area contributed by atoms with E-state index < -0.39 is 6.10 Å². The summed E-state index contributed by atoms with van der Waals surface area (Å²) in [5.74, 6) is -0.354. The molecule has 0 radical (unpaired) electrons. The lowest BCUT2D eigenvalue weighted by Crippen LogP contribution is -2.21. The van der Waals surface area contributed by atoms with Crippen LogP contribution in [0.4, 0.5) is 4.39 Å². The summed E-state index contributed by atoms with van der Waals surface area (Å²) in [7, 11) is 1.96. The van der Waals surface area contributed by atoms with Gasteiger partial charge in [-0.05, 0) is 31.7 Å². The Kier molecular flexibility index (Phi) is 5.21.